The smallest absolute Gasteiger partial charge is 0.254 e. The van der Waals surface area contributed by atoms with Crippen molar-refractivity contribution in [1.82, 2.24) is 4.90 Å². The zero-order chi connectivity index (χ0) is 21.3. The normalized spacial score (nSPS) is 10.5. The highest BCUT2D eigenvalue weighted by Crippen LogP contribution is 2.29. The summed E-state index contributed by atoms with van der Waals surface area (Å²) in [5.74, 6) is 1.04. The van der Waals surface area contributed by atoms with E-state index >= 15 is 0 Å². The Kier molecular flexibility index (Phi) is 7.46. The van der Waals surface area contributed by atoms with E-state index in [1.165, 1.54) is 5.56 Å². The Balaban J connectivity index is 1.75. The van der Waals surface area contributed by atoms with Crippen LogP contribution in [-0.2, 0) is 13.2 Å². The number of benzene rings is 3. The molecule has 1 amide bonds. The molecule has 2 N–H and O–H groups in total. The highest BCUT2D eigenvalue weighted by molar-refractivity contribution is 5.95. The van der Waals surface area contributed by atoms with Crippen LogP contribution in [0.25, 0.3) is 0 Å². The van der Waals surface area contributed by atoms with E-state index in [0.717, 1.165) is 11.1 Å². The van der Waals surface area contributed by atoms with Gasteiger partial charge in [0, 0.05) is 25.2 Å². The second-order valence-corrected chi connectivity index (χ2v) is 7.14. The molecule has 3 rings (SSSR count). The molecule has 0 unspecified atom stereocenters. The Bertz CT molecular complexity index is 956. The minimum Gasteiger partial charge on any atom is -0.493 e. The summed E-state index contributed by atoms with van der Waals surface area (Å²) in [6.45, 7) is 3.84. The van der Waals surface area contributed by atoms with Crippen LogP contribution in [0, 0.1) is 6.92 Å². The van der Waals surface area contributed by atoms with Crippen molar-refractivity contribution in [3.63, 3.8) is 0 Å². The van der Waals surface area contributed by atoms with Gasteiger partial charge in [0.15, 0.2) is 11.5 Å². The van der Waals surface area contributed by atoms with Crippen LogP contribution in [0.4, 0.5) is 0 Å². The average Bonchev–Trinajstić information content (AvgIpc) is 2.79. The molecular weight excluding hydrogens is 376 g/mol. The first-order valence-electron chi connectivity index (χ1n) is 10.0. The fourth-order valence-electron chi connectivity index (χ4n) is 3.16. The number of rotatable bonds is 9. The lowest BCUT2D eigenvalue weighted by atomic mass is 10.1. The lowest BCUT2D eigenvalue weighted by Gasteiger charge is -2.23. The van der Waals surface area contributed by atoms with E-state index in [1.807, 2.05) is 61.5 Å². The van der Waals surface area contributed by atoms with Crippen molar-refractivity contribution in [2.45, 2.75) is 20.1 Å². The van der Waals surface area contributed by atoms with Gasteiger partial charge in [0.1, 0.15) is 6.61 Å². The average molecular weight is 405 g/mol. The Labute approximate surface area is 178 Å². The molecule has 0 atom stereocenters. The Morgan fingerprint density at radius 2 is 1.67 bits per heavy atom. The third-order valence-corrected chi connectivity index (χ3v) is 4.83. The monoisotopic (exact) mass is 404 g/mol. The predicted molar refractivity (Wildman–Crippen MR) is 119 cm³/mol. The maximum absolute atomic E-state index is 13.1. The number of amides is 1. The summed E-state index contributed by atoms with van der Waals surface area (Å²) < 4.78 is 11.4. The molecule has 5 nitrogen and oxygen atoms in total. The molecule has 0 radical (unpaired) electrons. The van der Waals surface area contributed by atoms with Gasteiger partial charge in [-0.3, -0.25) is 4.79 Å². The fourth-order valence-corrected chi connectivity index (χ4v) is 3.16. The molecule has 0 heterocycles. The molecule has 3 aromatic carbocycles. The van der Waals surface area contributed by atoms with E-state index in [9.17, 15) is 4.79 Å². The highest BCUT2D eigenvalue weighted by atomic mass is 16.5. The summed E-state index contributed by atoms with van der Waals surface area (Å²) in [5, 5.41) is 0. The number of methoxy groups -OCH3 is 1. The topological polar surface area (TPSA) is 64.8 Å². The molecule has 5 heteroatoms. The lowest BCUT2D eigenvalue weighted by Crippen LogP contribution is -2.34. The molecule has 3 aromatic rings. The first kappa shape index (κ1) is 21.4. The van der Waals surface area contributed by atoms with Gasteiger partial charge in [-0.2, -0.15) is 0 Å². The van der Waals surface area contributed by atoms with Gasteiger partial charge >= 0.3 is 0 Å². The largest absolute Gasteiger partial charge is 0.493 e. The van der Waals surface area contributed by atoms with E-state index in [4.69, 9.17) is 15.2 Å². The molecule has 0 aliphatic heterocycles. The fraction of sp³-hybridized carbons (Fsp3) is 0.240. The van der Waals surface area contributed by atoms with E-state index in [2.05, 4.69) is 0 Å². The van der Waals surface area contributed by atoms with Crippen molar-refractivity contribution in [3.8, 4) is 11.5 Å². The quantitative estimate of drug-likeness (QED) is 0.581. The van der Waals surface area contributed by atoms with Gasteiger partial charge in [-0.15, -0.1) is 0 Å². The summed E-state index contributed by atoms with van der Waals surface area (Å²) >= 11 is 0. The third-order valence-electron chi connectivity index (χ3n) is 4.83. The summed E-state index contributed by atoms with van der Waals surface area (Å²) in [4.78, 5) is 14.9. The summed E-state index contributed by atoms with van der Waals surface area (Å²) in [6.07, 6.45) is 0. The van der Waals surface area contributed by atoms with Crippen LogP contribution < -0.4 is 15.2 Å². The zero-order valence-electron chi connectivity index (χ0n) is 17.5. The second kappa shape index (κ2) is 10.5. The van der Waals surface area contributed by atoms with E-state index in [-0.39, 0.29) is 5.91 Å². The Morgan fingerprint density at radius 1 is 0.933 bits per heavy atom. The van der Waals surface area contributed by atoms with Crippen LogP contribution in [-0.4, -0.2) is 31.0 Å². The Hall–Kier alpha value is -3.31. The van der Waals surface area contributed by atoms with Gasteiger partial charge < -0.3 is 20.1 Å². The van der Waals surface area contributed by atoms with Gasteiger partial charge in [0.25, 0.3) is 5.91 Å². The van der Waals surface area contributed by atoms with Crippen molar-refractivity contribution in [3.05, 3.63) is 95.1 Å². The molecule has 0 spiro atoms. The van der Waals surface area contributed by atoms with Crippen molar-refractivity contribution >= 4 is 5.91 Å². The lowest BCUT2D eigenvalue weighted by molar-refractivity contribution is 0.0748. The van der Waals surface area contributed by atoms with Crippen molar-refractivity contribution in [1.29, 1.82) is 0 Å². The van der Waals surface area contributed by atoms with Crippen LogP contribution in [0.3, 0.4) is 0 Å². The maximum atomic E-state index is 13.1. The van der Waals surface area contributed by atoms with E-state index in [1.54, 1.807) is 30.2 Å². The molecule has 0 aliphatic rings. The molecule has 0 fully saturated rings. The van der Waals surface area contributed by atoms with Crippen molar-refractivity contribution in [2.24, 2.45) is 5.73 Å². The number of hydrogen-bond acceptors (Lipinski definition) is 4. The van der Waals surface area contributed by atoms with Gasteiger partial charge in [0.2, 0.25) is 0 Å². The molecule has 0 aliphatic carbocycles. The minimum atomic E-state index is -0.0889. The molecule has 156 valence electrons. The third kappa shape index (κ3) is 5.61. The Morgan fingerprint density at radius 3 is 2.33 bits per heavy atom. The number of nitrogens with two attached hydrogens (primary N) is 1. The van der Waals surface area contributed by atoms with Gasteiger partial charge in [-0.05, 0) is 36.2 Å². The first-order chi connectivity index (χ1) is 14.6. The number of carbonyl (C=O) groups excluding carboxylic acids is 1. The van der Waals surface area contributed by atoms with Gasteiger partial charge in [0.05, 0.1) is 7.11 Å². The second-order valence-electron chi connectivity index (χ2n) is 7.14. The van der Waals surface area contributed by atoms with Crippen LogP contribution in [0.2, 0.25) is 0 Å². The van der Waals surface area contributed by atoms with Crippen LogP contribution >= 0.6 is 0 Å². The molecule has 0 bridgehead atoms. The molecular formula is C25H28N2O3. The summed E-state index contributed by atoms with van der Waals surface area (Å²) in [5.41, 5.74) is 9.62. The maximum Gasteiger partial charge on any atom is 0.254 e. The molecule has 30 heavy (non-hydrogen) atoms. The first-order valence-corrected chi connectivity index (χ1v) is 10.0. The van der Waals surface area contributed by atoms with Crippen LogP contribution in [0.1, 0.15) is 27.0 Å². The van der Waals surface area contributed by atoms with E-state index in [0.29, 0.717) is 43.3 Å². The van der Waals surface area contributed by atoms with Crippen LogP contribution in [0.5, 0.6) is 11.5 Å². The van der Waals surface area contributed by atoms with Gasteiger partial charge in [-0.1, -0.05) is 60.2 Å². The molecule has 0 aromatic heterocycles. The number of ether oxygens (including phenoxy) is 2. The van der Waals surface area contributed by atoms with Crippen LogP contribution in [0.15, 0.2) is 72.8 Å². The summed E-state index contributed by atoms with van der Waals surface area (Å²) in [6, 6.07) is 23.3. The molecule has 0 saturated heterocycles. The number of hydrogen-bond donors (Lipinski definition) is 1. The van der Waals surface area contributed by atoms with Crippen molar-refractivity contribution < 1.29 is 14.3 Å². The standard InChI is InChI=1S/C25H28N2O3/c1-19-8-10-20(11-9-19)17-27(15-14-26)25(28)22-12-13-23(24(16-22)29-2)30-18-21-6-4-3-5-7-21/h3-13,16H,14-15,17-18,26H2,1-2H3. The minimum absolute atomic E-state index is 0.0889. The number of carbonyl (C=O) groups is 1. The highest BCUT2D eigenvalue weighted by Gasteiger charge is 2.18. The summed E-state index contributed by atoms with van der Waals surface area (Å²) in [7, 11) is 1.57. The van der Waals surface area contributed by atoms with Crippen molar-refractivity contribution in [2.75, 3.05) is 20.2 Å². The van der Waals surface area contributed by atoms with Gasteiger partial charge in [-0.25, -0.2) is 0 Å². The number of aryl methyl sites for hydroxylation is 1. The SMILES string of the molecule is COc1cc(C(=O)N(CCN)Cc2ccc(C)cc2)ccc1OCc1ccccc1. The predicted octanol–water partition coefficient (Wildman–Crippen LogP) is 4.18. The number of nitrogens with zero attached hydrogens (tertiary/aromatic N) is 1. The zero-order valence-corrected chi connectivity index (χ0v) is 17.5. The molecule has 0 saturated carbocycles. The van der Waals surface area contributed by atoms with E-state index < -0.39 is 0 Å².